The van der Waals surface area contributed by atoms with E-state index in [1.165, 1.54) is 0 Å². The molecule has 0 aromatic carbocycles. The molecule has 0 amide bonds. The Hall–Kier alpha value is 2.39. The zero-order valence-corrected chi connectivity index (χ0v) is 9.89. The topological polar surface area (TPSA) is 31.5 Å². The molecule has 0 fully saturated rings. The molecule has 0 unspecified atom stereocenters. The second-order valence-electron chi connectivity index (χ2n) is 0.678. The van der Waals surface area contributed by atoms with Crippen molar-refractivity contribution in [2.75, 3.05) is 0 Å². The maximum absolute atomic E-state index is 5.29. The van der Waals surface area contributed by atoms with Gasteiger partial charge in [0.1, 0.15) is 0 Å². The Morgan fingerprint density at radius 2 is 0.750 bits per heavy atom. The normalized spacial score (nSPS) is 20.2. The second kappa shape index (κ2) is 2.18. The summed E-state index contributed by atoms with van der Waals surface area (Å²) < 4.78 is 0. The smallest absolute Gasteiger partial charge is 1.00 e. The largest absolute Gasteiger partial charge is 1.00 e. The van der Waals surface area contributed by atoms with Crippen molar-refractivity contribution in [1.29, 1.82) is 0 Å². The van der Waals surface area contributed by atoms with Gasteiger partial charge in [-0.25, -0.2) is 0 Å². The van der Waals surface area contributed by atoms with Crippen molar-refractivity contribution in [2.24, 2.45) is 0 Å². The quantitative estimate of drug-likeness (QED) is 0.568. The van der Waals surface area contributed by atoms with Gasteiger partial charge in [0.25, 0.3) is 0 Å². The van der Waals surface area contributed by atoms with Crippen LogP contribution in [0.1, 0.15) is 1.43 Å². The molecule has 0 rings (SSSR count). The van der Waals surface area contributed by atoms with Gasteiger partial charge in [0.15, 0.2) is 0 Å². The first-order valence-corrected chi connectivity index (χ1v) is 17.6. The fraction of sp³-hybridized carbons (Fsp3) is 0. The van der Waals surface area contributed by atoms with Gasteiger partial charge in [-0.05, 0) is 0 Å². The third-order valence-electron chi connectivity index (χ3n) is 0. The van der Waals surface area contributed by atoms with Crippen LogP contribution in [0, 0.1) is 0 Å². The summed E-state index contributed by atoms with van der Waals surface area (Å²) in [6.07, 6.45) is 0. The Morgan fingerprint density at radius 3 is 0.750 bits per heavy atom. The molecule has 8 heavy (non-hydrogen) atoms. The molecule has 1 nitrogen and oxygen atoms in total. The van der Waals surface area contributed by atoms with Crippen molar-refractivity contribution in [3.63, 3.8) is 0 Å². The van der Waals surface area contributed by atoms with Crippen LogP contribution in [0.2, 0.25) is 0 Å². The fourth-order valence-electron chi connectivity index (χ4n) is 0. The molecular formula is H3Cl6OPt-. The van der Waals surface area contributed by atoms with Gasteiger partial charge >= 0.3 is 65.2 Å². The predicted molar refractivity (Wildman–Crippen MR) is 39.8 cm³/mol. The summed E-state index contributed by atoms with van der Waals surface area (Å²) in [6, 6.07) is 0. The fourth-order valence-corrected chi connectivity index (χ4v) is 0. The van der Waals surface area contributed by atoms with E-state index in [0.717, 1.165) is 0 Å². The van der Waals surface area contributed by atoms with Crippen LogP contribution < -0.4 is 0 Å². The first-order valence-electron chi connectivity index (χ1n) is 0.717. The Morgan fingerprint density at radius 1 is 0.750 bits per heavy atom. The molecule has 62 valence electrons. The SMILES string of the molecule is O.[Cl][Pt-2]([Cl])([Cl])([Cl])([Cl])[Cl].[H+]. The molecule has 0 aliphatic carbocycles. The number of rotatable bonds is 0. The zero-order chi connectivity index (χ0) is 6.41. The van der Waals surface area contributed by atoms with Crippen LogP contribution in [-0.4, -0.2) is 5.48 Å². The molecule has 0 aromatic heterocycles. The van der Waals surface area contributed by atoms with E-state index in [1.54, 1.807) is 0 Å². The van der Waals surface area contributed by atoms with E-state index < -0.39 is 7.31 Å². The Bertz CT molecular complexity index is 71.6. The average Bonchev–Trinajstić information content (AvgIpc) is 0.592. The van der Waals surface area contributed by atoms with Gasteiger partial charge in [-0.2, -0.15) is 0 Å². The van der Waals surface area contributed by atoms with E-state index in [2.05, 4.69) is 0 Å². The summed E-state index contributed by atoms with van der Waals surface area (Å²) in [7, 11) is 25.0. The van der Waals surface area contributed by atoms with Crippen LogP contribution in [0.15, 0.2) is 0 Å². The van der Waals surface area contributed by atoms with Crippen molar-refractivity contribution in [2.45, 2.75) is 0 Å². The molecule has 2 N–H and O–H groups in total. The molecule has 0 bridgehead atoms. The number of halogens is 6. The van der Waals surface area contributed by atoms with Gasteiger partial charge in [-0.1, -0.05) is 0 Å². The summed E-state index contributed by atoms with van der Waals surface area (Å²) in [5.74, 6) is 0. The van der Waals surface area contributed by atoms with Gasteiger partial charge in [-0.3, -0.25) is 0 Å². The minimum absolute atomic E-state index is 0. The third kappa shape index (κ3) is 80.3. The zero-order valence-electron chi connectivity index (χ0n) is 4.08. The van der Waals surface area contributed by atoms with Crippen LogP contribution in [-0.2, 0) is 7.31 Å². The van der Waals surface area contributed by atoms with E-state index in [0.29, 0.717) is 0 Å². The first kappa shape index (κ1) is 13.0. The van der Waals surface area contributed by atoms with Crippen molar-refractivity contribution in [3.8, 4) is 0 Å². The standard InChI is InChI=1S/6ClH.H2O.Pt/h6*1H;1H2;/q;;;;;;;+4/p-5. The van der Waals surface area contributed by atoms with Gasteiger partial charge in [0, 0.05) is 0 Å². The van der Waals surface area contributed by atoms with E-state index in [1.807, 2.05) is 0 Å². The first-order chi connectivity index (χ1) is 2.45. The van der Waals surface area contributed by atoms with Crippen molar-refractivity contribution < 1.29 is 14.2 Å². The molecule has 0 atom stereocenters. The molecular weight excluding hydrogens is 424 g/mol. The second-order valence-corrected chi connectivity index (χ2v) is 49.9. The van der Waals surface area contributed by atoms with Gasteiger partial charge < -0.3 is 5.48 Å². The molecule has 0 spiro atoms. The van der Waals surface area contributed by atoms with Crippen molar-refractivity contribution in [1.82, 2.24) is 0 Å². The van der Waals surface area contributed by atoms with Crippen LogP contribution in [0.5, 0.6) is 0 Å². The molecule has 0 saturated heterocycles. The van der Waals surface area contributed by atoms with Crippen LogP contribution >= 0.6 is 56.5 Å². The van der Waals surface area contributed by atoms with Crippen molar-refractivity contribution >= 4 is 56.5 Å². The minimum Gasteiger partial charge on any atom is 1.00 e. The summed E-state index contributed by atoms with van der Waals surface area (Å²) in [5, 5.41) is 0. The molecule has 0 aromatic rings. The number of hydrogen-bond donors (Lipinski definition) is 0. The van der Waals surface area contributed by atoms with Crippen LogP contribution in [0.25, 0.3) is 0 Å². The molecule has 8 heteroatoms. The predicted octanol–water partition coefficient (Wildman–Crippen LogP) is 3.42. The summed E-state index contributed by atoms with van der Waals surface area (Å²) in [5.41, 5.74) is 0. The Balaban J connectivity index is -0.000000180. The van der Waals surface area contributed by atoms with E-state index in [9.17, 15) is 0 Å². The monoisotopic (exact) mass is 424 g/mol. The van der Waals surface area contributed by atoms with E-state index >= 15 is 0 Å². The number of hydrogen-bond acceptors (Lipinski definition) is 0. The Labute approximate surface area is 70.0 Å². The third-order valence-corrected chi connectivity index (χ3v) is 0. The average molecular weight is 427 g/mol. The Kier molecular flexibility index (Phi) is 3.55. The molecule has 0 aliphatic rings. The summed E-state index contributed by atoms with van der Waals surface area (Å²) >= 11 is 0. The van der Waals surface area contributed by atoms with E-state index in [-0.39, 0.29) is 6.90 Å². The summed E-state index contributed by atoms with van der Waals surface area (Å²) in [6.45, 7) is 0. The van der Waals surface area contributed by atoms with Gasteiger partial charge in [-0.15, -0.1) is 0 Å². The molecule has 0 aliphatic heterocycles. The maximum Gasteiger partial charge on any atom is 1.00 e. The minimum atomic E-state index is -5.29. The molecule has 0 heterocycles. The van der Waals surface area contributed by atoms with Gasteiger partial charge in [0.05, 0.1) is 0 Å². The summed E-state index contributed by atoms with van der Waals surface area (Å²) in [4.78, 5) is 0. The van der Waals surface area contributed by atoms with Gasteiger partial charge in [0.2, 0.25) is 0 Å². The molecule has 0 radical (unpaired) electrons. The maximum atomic E-state index is 5.05. The van der Waals surface area contributed by atoms with Crippen LogP contribution in [0.4, 0.5) is 0 Å². The van der Waals surface area contributed by atoms with Crippen molar-refractivity contribution in [3.05, 3.63) is 0 Å². The molecule has 0 saturated carbocycles. The van der Waals surface area contributed by atoms with E-state index in [4.69, 9.17) is 56.5 Å². The van der Waals surface area contributed by atoms with Crippen LogP contribution in [0.3, 0.4) is 0 Å².